The minimum atomic E-state index is 0.213. The molecule has 0 aromatic carbocycles. The Morgan fingerprint density at radius 1 is 1.40 bits per heavy atom. The van der Waals surface area contributed by atoms with E-state index in [1.807, 2.05) is 0 Å². The number of nitrogens with zero attached hydrogens (tertiary/aromatic N) is 2. The third-order valence-electron chi connectivity index (χ3n) is 2.32. The SMILES string of the molecule is CC(C)(C)Cc1noc(CNC2CC2)n1. The molecule has 84 valence electrons. The second kappa shape index (κ2) is 3.93. The summed E-state index contributed by atoms with van der Waals surface area (Å²) in [6.07, 6.45) is 3.42. The molecule has 2 rings (SSSR count). The molecule has 0 radical (unpaired) electrons. The lowest BCUT2D eigenvalue weighted by molar-refractivity contribution is 0.348. The Kier molecular flexibility index (Phi) is 2.78. The van der Waals surface area contributed by atoms with Gasteiger partial charge in [-0.05, 0) is 18.3 Å². The fraction of sp³-hybridized carbons (Fsp3) is 0.818. The van der Waals surface area contributed by atoms with Crippen LogP contribution in [0.3, 0.4) is 0 Å². The van der Waals surface area contributed by atoms with Crippen molar-refractivity contribution in [2.75, 3.05) is 0 Å². The quantitative estimate of drug-likeness (QED) is 0.823. The summed E-state index contributed by atoms with van der Waals surface area (Å²) in [5.74, 6) is 1.52. The summed E-state index contributed by atoms with van der Waals surface area (Å²) < 4.78 is 5.17. The van der Waals surface area contributed by atoms with Crippen LogP contribution in [-0.4, -0.2) is 16.2 Å². The van der Waals surface area contributed by atoms with Crippen LogP contribution < -0.4 is 5.32 Å². The molecule has 0 aliphatic heterocycles. The average Bonchev–Trinajstić information content (AvgIpc) is 2.83. The smallest absolute Gasteiger partial charge is 0.240 e. The van der Waals surface area contributed by atoms with Gasteiger partial charge in [-0.3, -0.25) is 0 Å². The zero-order valence-electron chi connectivity index (χ0n) is 9.71. The van der Waals surface area contributed by atoms with E-state index in [2.05, 4.69) is 36.2 Å². The molecule has 1 N–H and O–H groups in total. The van der Waals surface area contributed by atoms with Gasteiger partial charge in [-0.25, -0.2) is 0 Å². The number of hydrogen-bond acceptors (Lipinski definition) is 4. The summed E-state index contributed by atoms with van der Waals surface area (Å²) >= 11 is 0. The molecule has 1 aliphatic rings. The number of aromatic nitrogens is 2. The van der Waals surface area contributed by atoms with Gasteiger partial charge in [0.2, 0.25) is 5.89 Å². The molecule has 1 aliphatic carbocycles. The highest BCUT2D eigenvalue weighted by Gasteiger charge is 2.21. The first-order valence-corrected chi connectivity index (χ1v) is 5.58. The lowest BCUT2D eigenvalue weighted by Crippen LogP contribution is -2.15. The Bertz CT molecular complexity index is 323. The van der Waals surface area contributed by atoms with Crippen molar-refractivity contribution in [2.24, 2.45) is 5.41 Å². The van der Waals surface area contributed by atoms with E-state index in [1.165, 1.54) is 12.8 Å². The highest BCUT2D eigenvalue weighted by molar-refractivity contribution is 4.91. The average molecular weight is 209 g/mol. The van der Waals surface area contributed by atoms with Gasteiger partial charge in [-0.2, -0.15) is 4.98 Å². The molecule has 4 heteroatoms. The molecule has 0 saturated heterocycles. The van der Waals surface area contributed by atoms with Crippen LogP contribution in [0.1, 0.15) is 45.3 Å². The van der Waals surface area contributed by atoms with E-state index < -0.39 is 0 Å². The maximum atomic E-state index is 5.17. The summed E-state index contributed by atoms with van der Waals surface area (Å²) in [5, 5.41) is 7.33. The molecule has 0 bridgehead atoms. The Labute approximate surface area is 90.4 Å². The standard InChI is InChI=1S/C11H19N3O/c1-11(2,3)6-9-13-10(15-14-9)7-12-8-4-5-8/h8,12H,4-7H2,1-3H3. The predicted octanol–water partition coefficient (Wildman–Crippen LogP) is 1.91. The molecule has 1 fully saturated rings. The molecule has 0 atom stereocenters. The van der Waals surface area contributed by atoms with Crippen molar-refractivity contribution in [3.8, 4) is 0 Å². The lowest BCUT2D eigenvalue weighted by atomic mass is 9.92. The Morgan fingerprint density at radius 2 is 2.13 bits per heavy atom. The van der Waals surface area contributed by atoms with Crippen LogP contribution in [0, 0.1) is 5.41 Å². The van der Waals surface area contributed by atoms with Crippen LogP contribution in [0.15, 0.2) is 4.52 Å². The van der Waals surface area contributed by atoms with Crippen molar-refractivity contribution in [3.63, 3.8) is 0 Å². The van der Waals surface area contributed by atoms with Crippen LogP contribution in [0.2, 0.25) is 0 Å². The summed E-state index contributed by atoms with van der Waals surface area (Å²) in [4.78, 5) is 4.36. The van der Waals surface area contributed by atoms with Gasteiger partial charge in [-0.1, -0.05) is 25.9 Å². The normalized spacial score (nSPS) is 17.0. The molecule has 1 heterocycles. The highest BCUT2D eigenvalue weighted by atomic mass is 16.5. The first-order valence-electron chi connectivity index (χ1n) is 5.58. The van der Waals surface area contributed by atoms with Gasteiger partial charge in [0.05, 0.1) is 6.54 Å². The molecular formula is C11H19N3O. The molecule has 1 aromatic heterocycles. The predicted molar refractivity (Wildman–Crippen MR) is 57.3 cm³/mol. The van der Waals surface area contributed by atoms with Crippen LogP contribution >= 0.6 is 0 Å². The van der Waals surface area contributed by atoms with Crippen molar-refractivity contribution in [3.05, 3.63) is 11.7 Å². The van der Waals surface area contributed by atoms with Gasteiger partial charge >= 0.3 is 0 Å². The van der Waals surface area contributed by atoms with E-state index >= 15 is 0 Å². The highest BCUT2D eigenvalue weighted by Crippen LogP contribution is 2.20. The maximum absolute atomic E-state index is 5.17. The van der Waals surface area contributed by atoms with Crippen molar-refractivity contribution >= 4 is 0 Å². The zero-order chi connectivity index (χ0) is 10.9. The van der Waals surface area contributed by atoms with E-state index in [4.69, 9.17) is 4.52 Å². The Morgan fingerprint density at radius 3 is 2.73 bits per heavy atom. The van der Waals surface area contributed by atoms with Crippen molar-refractivity contribution in [1.82, 2.24) is 15.5 Å². The summed E-state index contributed by atoms with van der Waals surface area (Å²) in [6, 6.07) is 0.683. The monoisotopic (exact) mass is 209 g/mol. The van der Waals surface area contributed by atoms with Gasteiger partial charge in [0, 0.05) is 12.5 Å². The molecule has 15 heavy (non-hydrogen) atoms. The van der Waals surface area contributed by atoms with Crippen molar-refractivity contribution in [2.45, 2.75) is 52.6 Å². The minimum absolute atomic E-state index is 0.213. The van der Waals surface area contributed by atoms with Gasteiger partial charge in [0.1, 0.15) is 0 Å². The molecule has 0 amide bonds. The molecular weight excluding hydrogens is 190 g/mol. The van der Waals surface area contributed by atoms with Crippen molar-refractivity contribution in [1.29, 1.82) is 0 Å². The van der Waals surface area contributed by atoms with Gasteiger partial charge in [0.25, 0.3) is 0 Å². The molecule has 0 spiro atoms. The fourth-order valence-corrected chi connectivity index (χ4v) is 1.43. The van der Waals surface area contributed by atoms with Crippen molar-refractivity contribution < 1.29 is 4.52 Å². The zero-order valence-corrected chi connectivity index (χ0v) is 9.71. The van der Waals surface area contributed by atoms with Gasteiger partial charge in [0.15, 0.2) is 5.82 Å². The second-order valence-corrected chi connectivity index (χ2v) is 5.50. The van der Waals surface area contributed by atoms with Crippen LogP contribution in [0.4, 0.5) is 0 Å². The topological polar surface area (TPSA) is 51.0 Å². The first-order chi connectivity index (χ1) is 7.03. The molecule has 0 unspecified atom stereocenters. The van der Waals surface area contributed by atoms with Crippen LogP contribution in [0.5, 0.6) is 0 Å². The van der Waals surface area contributed by atoms with E-state index in [9.17, 15) is 0 Å². The van der Waals surface area contributed by atoms with Gasteiger partial charge < -0.3 is 9.84 Å². The molecule has 1 saturated carbocycles. The maximum Gasteiger partial charge on any atom is 0.240 e. The molecule has 1 aromatic rings. The third kappa shape index (κ3) is 3.63. The number of hydrogen-bond donors (Lipinski definition) is 1. The first kappa shape index (κ1) is 10.6. The summed E-state index contributed by atoms with van der Waals surface area (Å²) in [5.41, 5.74) is 0.213. The van der Waals surface area contributed by atoms with Gasteiger partial charge in [-0.15, -0.1) is 0 Å². The lowest BCUT2D eigenvalue weighted by Gasteiger charge is -2.14. The Hall–Kier alpha value is -0.900. The third-order valence-corrected chi connectivity index (χ3v) is 2.32. The minimum Gasteiger partial charge on any atom is -0.338 e. The van der Waals surface area contributed by atoms with E-state index in [0.29, 0.717) is 18.5 Å². The number of rotatable bonds is 4. The molecule has 4 nitrogen and oxygen atoms in total. The summed E-state index contributed by atoms with van der Waals surface area (Å²) in [6.45, 7) is 7.23. The summed E-state index contributed by atoms with van der Waals surface area (Å²) in [7, 11) is 0. The second-order valence-electron chi connectivity index (χ2n) is 5.50. The fourth-order valence-electron chi connectivity index (χ4n) is 1.43. The Balaban J connectivity index is 1.85. The van der Waals surface area contributed by atoms with E-state index in [1.54, 1.807) is 0 Å². The number of nitrogens with one attached hydrogen (secondary N) is 1. The largest absolute Gasteiger partial charge is 0.338 e. The van der Waals surface area contributed by atoms with Crippen LogP contribution in [-0.2, 0) is 13.0 Å². The van der Waals surface area contributed by atoms with E-state index in [-0.39, 0.29) is 5.41 Å². The van der Waals surface area contributed by atoms with Crippen LogP contribution in [0.25, 0.3) is 0 Å². The van der Waals surface area contributed by atoms with E-state index in [0.717, 1.165) is 12.2 Å².